The van der Waals surface area contributed by atoms with Crippen molar-refractivity contribution >= 4 is 33.2 Å². The van der Waals surface area contributed by atoms with Crippen LogP contribution >= 0.6 is 27.3 Å². The second-order valence-corrected chi connectivity index (χ2v) is 5.56. The first-order chi connectivity index (χ1) is 8.15. The van der Waals surface area contributed by atoms with Crippen LogP contribution in [-0.4, -0.2) is 35.1 Å². The van der Waals surface area contributed by atoms with Gasteiger partial charge in [-0.25, -0.2) is 0 Å². The Labute approximate surface area is 115 Å². The summed E-state index contributed by atoms with van der Waals surface area (Å²) < 4.78 is 0.835. The number of thiophene rings is 1. The quantitative estimate of drug-likeness (QED) is 0.875. The monoisotopic (exact) mass is 319 g/mol. The Hall–Kier alpha value is -0.390. The van der Waals surface area contributed by atoms with E-state index < -0.39 is 0 Å². The van der Waals surface area contributed by atoms with Crippen molar-refractivity contribution in [3.63, 3.8) is 0 Å². The average molecular weight is 320 g/mol. The van der Waals surface area contributed by atoms with Crippen LogP contribution in [0.2, 0.25) is 0 Å². The van der Waals surface area contributed by atoms with Gasteiger partial charge in [0.1, 0.15) is 4.88 Å². The second-order valence-electron chi connectivity index (χ2n) is 3.79. The molecule has 0 aliphatic rings. The fourth-order valence-electron chi connectivity index (χ4n) is 1.86. The molecule has 0 spiro atoms. The normalized spacial score (nSPS) is 10.9. The van der Waals surface area contributed by atoms with E-state index in [1.807, 2.05) is 11.4 Å². The van der Waals surface area contributed by atoms with Crippen LogP contribution in [0.4, 0.5) is 0 Å². The predicted molar refractivity (Wildman–Crippen MR) is 74.5 cm³/mol. The number of amides is 1. The summed E-state index contributed by atoms with van der Waals surface area (Å²) >= 11 is 4.81. The minimum absolute atomic E-state index is 0.00519. The highest BCUT2D eigenvalue weighted by atomic mass is 79.9. The maximum Gasteiger partial charge on any atom is 0.265 e. The van der Waals surface area contributed by atoms with Crippen molar-refractivity contribution in [1.82, 2.24) is 4.90 Å². The summed E-state index contributed by atoms with van der Waals surface area (Å²) in [6.45, 7) is 4.53. The maximum atomic E-state index is 12.4. The van der Waals surface area contributed by atoms with Crippen LogP contribution in [0.5, 0.6) is 0 Å². The standard InChI is InChI=1S/C12H18BrNO2S/c1-3-9(4-2)14(6-7-15)12(16)11-10(13)5-8-17-11/h5,8-9,15H,3-4,6-7H2,1-2H3. The first-order valence-electron chi connectivity index (χ1n) is 5.80. The van der Waals surface area contributed by atoms with Crippen LogP contribution in [-0.2, 0) is 0 Å². The van der Waals surface area contributed by atoms with Crippen LogP contribution in [0.1, 0.15) is 36.4 Å². The summed E-state index contributed by atoms with van der Waals surface area (Å²) in [7, 11) is 0. The molecule has 1 rings (SSSR count). The van der Waals surface area contributed by atoms with Crippen molar-refractivity contribution in [3.8, 4) is 0 Å². The fourth-order valence-corrected chi connectivity index (χ4v) is 3.36. The largest absolute Gasteiger partial charge is 0.395 e. The smallest absolute Gasteiger partial charge is 0.265 e. The van der Waals surface area contributed by atoms with Crippen LogP contribution in [0, 0.1) is 0 Å². The molecule has 0 bridgehead atoms. The number of carbonyl (C=O) groups excluding carboxylic acids is 1. The predicted octanol–water partition coefficient (Wildman–Crippen LogP) is 3.13. The van der Waals surface area contributed by atoms with Crippen LogP contribution in [0.15, 0.2) is 15.9 Å². The van der Waals surface area contributed by atoms with Gasteiger partial charge < -0.3 is 10.0 Å². The van der Waals surface area contributed by atoms with Crippen LogP contribution < -0.4 is 0 Å². The second kappa shape index (κ2) is 7.13. The van der Waals surface area contributed by atoms with Gasteiger partial charge in [-0.15, -0.1) is 11.3 Å². The molecule has 3 nitrogen and oxygen atoms in total. The van der Waals surface area contributed by atoms with Gasteiger partial charge in [0.2, 0.25) is 0 Å². The molecule has 1 amide bonds. The highest BCUT2D eigenvalue weighted by Gasteiger charge is 2.24. The fraction of sp³-hybridized carbons (Fsp3) is 0.583. The molecule has 5 heteroatoms. The van der Waals surface area contributed by atoms with Gasteiger partial charge in [0.05, 0.1) is 6.61 Å². The van der Waals surface area contributed by atoms with Gasteiger partial charge in [0, 0.05) is 17.1 Å². The van der Waals surface area contributed by atoms with Crippen molar-refractivity contribution in [1.29, 1.82) is 0 Å². The zero-order valence-electron chi connectivity index (χ0n) is 10.1. The SMILES string of the molecule is CCC(CC)N(CCO)C(=O)c1sccc1Br. The summed E-state index contributed by atoms with van der Waals surface area (Å²) in [5.41, 5.74) is 0. The topological polar surface area (TPSA) is 40.5 Å². The minimum atomic E-state index is 0.00519. The van der Waals surface area contributed by atoms with Gasteiger partial charge in [0.25, 0.3) is 5.91 Å². The summed E-state index contributed by atoms with van der Waals surface area (Å²) in [5.74, 6) is 0.00891. The van der Waals surface area contributed by atoms with E-state index in [2.05, 4.69) is 29.8 Å². The maximum absolute atomic E-state index is 12.4. The summed E-state index contributed by atoms with van der Waals surface area (Å²) in [4.78, 5) is 14.9. The van der Waals surface area contributed by atoms with Crippen molar-refractivity contribution in [2.75, 3.05) is 13.2 Å². The number of carbonyl (C=O) groups is 1. The summed E-state index contributed by atoms with van der Waals surface area (Å²) in [5, 5.41) is 11.0. The number of aliphatic hydroxyl groups is 1. The highest BCUT2D eigenvalue weighted by molar-refractivity contribution is 9.10. The van der Waals surface area contributed by atoms with Crippen molar-refractivity contribution in [2.45, 2.75) is 32.7 Å². The van der Waals surface area contributed by atoms with E-state index >= 15 is 0 Å². The number of nitrogens with zero attached hydrogens (tertiary/aromatic N) is 1. The zero-order chi connectivity index (χ0) is 12.8. The molecule has 0 atom stereocenters. The molecule has 1 N–H and O–H groups in total. The van der Waals surface area contributed by atoms with E-state index in [0.29, 0.717) is 11.4 Å². The molecule has 0 aliphatic heterocycles. The minimum Gasteiger partial charge on any atom is -0.395 e. The third-order valence-corrected chi connectivity index (χ3v) is 4.62. The average Bonchev–Trinajstić information content (AvgIpc) is 2.75. The molecule has 0 fully saturated rings. The molecule has 1 heterocycles. The molecule has 0 saturated heterocycles. The van der Waals surface area contributed by atoms with E-state index in [1.54, 1.807) is 4.90 Å². The molecule has 17 heavy (non-hydrogen) atoms. The Bertz CT molecular complexity index is 363. The zero-order valence-corrected chi connectivity index (χ0v) is 12.6. The van der Waals surface area contributed by atoms with Gasteiger partial charge >= 0.3 is 0 Å². The molecular weight excluding hydrogens is 302 g/mol. The first-order valence-corrected chi connectivity index (χ1v) is 7.47. The van der Waals surface area contributed by atoms with E-state index in [0.717, 1.165) is 17.3 Å². The van der Waals surface area contributed by atoms with Gasteiger partial charge in [-0.05, 0) is 40.2 Å². The highest BCUT2D eigenvalue weighted by Crippen LogP contribution is 2.25. The van der Waals surface area contributed by atoms with Gasteiger partial charge in [-0.1, -0.05) is 13.8 Å². The molecule has 0 aliphatic carbocycles. The van der Waals surface area contributed by atoms with Gasteiger partial charge in [-0.3, -0.25) is 4.79 Å². The number of hydrogen-bond acceptors (Lipinski definition) is 3. The van der Waals surface area contributed by atoms with Crippen molar-refractivity contribution in [3.05, 3.63) is 20.8 Å². The lowest BCUT2D eigenvalue weighted by atomic mass is 10.1. The summed E-state index contributed by atoms with van der Waals surface area (Å²) in [6.07, 6.45) is 1.82. The lowest BCUT2D eigenvalue weighted by molar-refractivity contribution is 0.0626. The molecule has 96 valence electrons. The van der Waals surface area contributed by atoms with E-state index in [4.69, 9.17) is 5.11 Å². The molecule has 1 aromatic rings. The number of halogens is 1. The number of hydrogen-bond donors (Lipinski definition) is 1. The molecular formula is C12H18BrNO2S. The lowest BCUT2D eigenvalue weighted by Crippen LogP contribution is -2.41. The third kappa shape index (κ3) is 3.53. The lowest BCUT2D eigenvalue weighted by Gasteiger charge is -2.29. The van der Waals surface area contributed by atoms with Crippen molar-refractivity contribution < 1.29 is 9.90 Å². The first kappa shape index (κ1) is 14.7. The van der Waals surface area contributed by atoms with Crippen molar-refractivity contribution in [2.24, 2.45) is 0 Å². The summed E-state index contributed by atoms with van der Waals surface area (Å²) in [6, 6.07) is 2.07. The van der Waals surface area contributed by atoms with Gasteiger partial charge in [-0.2, -0.15) is 0 Å². The molecule has 0 saturated carbocycles. The number of rotatable bonds is 6. The molecule has 0 aromatic carbocycles. The molecule has 1 aromatic heterocycles. The Balaban J connectivity index is 2.91. The van der Waals surface area contributed by atoms with Gasteiger partial charge in [0.15, 0.2) is 0 Å². The molecule has 0 radical (unpaired) electrons. The van der Waals surface area contributed by atoms with E-state index in [1.165, 1.54) is 11.3 Å². The molecule has 0 unspecified atom stereocenters. The van der Waals surface area contributed by atoms with E-state index in [-0.39, 0.29) is 18.6 Å². The Morgan fingerprint density at radius 3 is 2.59 bits per heavy atom. The third-order valence-electron chi connectivity index (χ3n) is 2.80. The Morgan fingerprint density at radius 2 is 2.18 bits per heavy atom. The van der Waals surface area contributed by atoms with Crippen LogP contribution in [0.3, 0.4) is 0 Å². The van der Waals surface area contributed by atoms with Crippen LogP contribution in [0.25, 0.3) is 0 Å². The number of aliphatic hydroxyl groups excluding tert-OH is 1. The van der Waals surface area contributed by atoms with E-state index in [9.17, 15) is 4.79 Å². The Morgan fingerprint density at radius 1 is 1.53 bits per heavy atom. The Kier molecular flexibility index (Phi) is 6.16.